The van der Waals surface area contributed by atoms with Gasteiger partial charge in [0, 0.05) is 6.54 Å². The standard InChI is InChI=1S/C15H21NO5/c1-20-14(18)13(17)9-5-6-10-16-15(19)21-11-12-7-3-2-4-8-12/h2-4,7-8,13,17H,5-6,9-11H2,1H3,(H,16,19)/t13-/m0/s1. The number of benzene rings is 1. The van der Waals surface area contributed by atoms with Gasteiger partial charge < -0.3 is 19.9 Å². The second-order valence-corrected chi connectivity index (χ2v) is 4.52. The second-order valence-electron chi connectivity index (χ2n) is 4.52. The summed E-state index contributed by atoms with van der Waals surface area (Å²) in [6.07, 6.45) is -0.00987. The number of carbonyl (C=O) groups excluding carboxylic acids is 2. The number of carbonyl (C=O) groups is 2. The normalized spacial score (nSPS) is 11.5. The molecule has 0 saturated carbocycles. The molecule has 6 nitrogen and oxygen atoms in total. The van der Waals surface area contributed by atoms with E-state index < -0.39 is 18.2 Å². The number of hydrogen-bond donors (Lipinski definition) is 2. The Hall–Kier alpha value is -2.08. The van der Waals surface area contributed by atoms with Gasteiger partial charge in [-0.2, -0.15) is 0 Å². The highest BCUT2D eigenvalue weighted by molar-refractivity contribution is 5.74. The van der Waals surface area contributed by atoms with E-state index in [-0.39, 0.29) is 6.61 Å². The first-order valence-corrected chi connectivity index (χ1v) is 6.84. The van der Waals surface area contributed by atoms with E-state index in [1.807, 2.05) is 30.3 Å². The maximum absolute atomic E-state index is 11.4. The summed E-state index contributed by atoms with van der Waals surface area (Å²) in [6, 6.07) is 9.40. The van der Waals surface area contributed by atoms with Gasteiger partial charge in [-0.05, 0) is 24.8 Å². The van der Waals surface area contributed by atoms with Crippen LogP contribution in [0.2, 0.25) is 0 Å². The lowest BCUT2D eigenvalue weighted by Crippen LogP contribution is -2.26. The molecule has 2 N–H and O–H groups in total. The fourth-order valence-electron chi connectivity index (χ4n) is 1.68. The van der Waals surface area contributed by atoms with E-state index in [1.54, 1.807) is 0 Å². The van der Waals surface area contributed by atoms with E-state index in [0.29, 0.717) is 25.8 Å². The number of esters is 1. The van der Waals surface area contributed by atoms with Gasteiger partial charge >= 0.3 is 12.1 Å². The highest BCUT2D eigenvalue weighted by Gasteiger charge is 2.14. The Bertz CT molecular complexity index is 435. The van der Waals surface area contributed by atoms with E-state index in [0.717, 1.165) is 5.56 Å². The predicted molar refractivity (Wildman–Crippen MR) is 76.5 cm³/mol. The first kappa shape index (κ1) is 17.0. The van der Waals surface area contributed by atoms with Crippen molar-refractivity contribution in [2.24, 2.45) is 0 Å². The van der Waals surface area contributed by atoms with Crippen LogP contribution in [0.3, 0.4) is 0 Å². The van der Waals surface area contributed by atoms with Gasteiger partial charge in [0.25, 0.3) is 0 Å². The van der Waals surface area contributed by atoms with Gasteiger partial charge in [-0.1, -0.05) is 30.3 Å². The molecule has 6 heteroatoms. The van der Waals surface area contributed by atoms with Crippen LogP contribution in [0.1, 0.15) is 24.8 Å². The molecule has 21 heavy (non-hydrogen) atoms. The predicted octanol–water partition coefficient (Wildman–Crippen LogP) is 1.62. The summed E-state index contributed by atoms with van der Waals surface area (Å²) < 4.78 is 9.44. The van der Waals surface area contributed by atoms with Gasteiger partial charge in [0.15, 0.2) is 6.10 Å². The lowest BCUT2D eigenvalue weighted by atomic mass is 10.1. The van der Waals surface area contributed by atoms with E-state index in [9.17, 15) is 14.7 Å². The third-order valence-electron chi connectivity index (χ3n) is 2.86. The molecule has 0 spiro atoms. The minimum absolute atomic E-state index is 0.230. The number of aliphatic hydroxyl groups excluding tert-OH is 1. The number of rotatable bonds is 8. The fraction of sp³-hybridized carbons (Fsp3) is 0.467. The van der Waals surface area contributed by atoms with Gasteiger partial charge in [-0.15, -0.1) is 0 Å². The van der Waals surface area contributed by atoms with Crippen molar-refractivity contribution in [3.63, 3.8) is 0 Å². The van der Waals surface area contributed by atoms with Crippen LogP contribution in [-0.4, -0.2) is 36.9 Å². The van der Waals surface area contributed by atoms with Crippen LogP contribution in [0.25, 0.3) is 0 Å². The molecule has 0 bridgehead atoms. The van der Waals surface area contributed by atoms with Crippen molar-refractivity contribution < 1.29 is 24.2 Å². The number of aliphatic hydroxyl groups is 1. The van der Waals surface area contributed by atoms with Gasteiger partial charge in [0.1, 0.15) is 6.61 Å². The van der Waals surface area contributed by atoms with Crippen molar-refractivity contribution in [3.8, 4) is 0 Å². The summed E-state index contributed by atoms with van der Waals surface area (Å²) in [4.78, 5) is 22.4. The van der Waals surface area contributed by atoms with Crippen LogP contribution >= 0.6 is 0 Å². The molecule has 0 heterocycles. The Labute approximate surface area is 124 Å². The highest BCUT2D eigenvalue weighted by atomic mass is 16.5. The molecule has 0 aliphatic heterocycles. The number of ether oxygens (including phenoxy) is 2. The van der Waals surface area contributed by atoms with Gasteiger partial charge in [-0.3, -0.25) is 0 Å². The zero-order chi connectivity index (χ0) is 15.5. The van der Waals surface area contributed by atoms with E-state index in [2.05, 4.69) is 10.1 Å². The van der Waals surface area contributed by atoms with Crippen LogP contribution in [0.15, 0.2) is 30.3 Å². The number of hydrogen-bond acceptors (Lipinski definition) is 5. The summed E-state index contributed by atoms with van der Waals surface area (Å²) in [6.45, 7) is 0.662. The smallest absolute Gasteiger partial charge is 0.407 e. The third-order valence-corrected chi connectivity index (χ3v) is 2.86. The summed E-state index contributed by atoms with van der Waals surface area (Å²) in [5.41, 5.74) is 0.925. The van der Waals surface area contributed by atoms with Crippen molar-refractivity contribution in [2.75, 3.05) is 13.7 Å². The number of alkyl carbamates (subject to hydrolysis) is 1. The molecular formula is C15H21NO5. The summed E-state index contributed by atoms with van der Waals surface area (Å²) in [7, 11) is 1.23. The van der Waals surface area contributed by atoms with Crippen molar-refractivity contribution >= 4 is 12.1 Å². The van der Waals surface area contributed by atoms with Crippen LogP contribution in [0.4, 0.5) is 4.79 Å². The molecular weight excluding hydrogens is 274 g/mol. The lowest BCUT2D eigenvalue weighted by molar-refractivity contribution is -0.150. The highest BCUT2D eigenvalue weighted by Crippen LogP contribution is 2.03. The van der Waals surface area contributed by atoms with Crippen LogP contribution in [0, 0.1) is 0 Å². The fourth-order valence-corrected chi connectivity index (χ4v) is 1.68. The minimum atomic E-state index is -1.10. The second kappa shape index (κ2) is 9.77. The molecule has 1 atom stereocenters. The zero-order valence-electron chi connectivity index (χ0n) is 12.1. The molecule has 0 unspecified atom stereocenters. The molecule has 1 aromatic rings. The SMILES string of the molecule is COC(=O)[C@@H](O)CCCCNC(=O)OCc1ccccc1. The van der Waals surface area contributed by atoms with E-state index in [4.69, 9.17) is 4.74 Å². The van der Waals surface area contributed by atoms with Gasteiger partial charge in [-0.25, -0.2) is 9.59 Å². The number of unbranched alkanes of at least 4 members (excludes halogenated alkanes) is 1. The quantitative estimate of drug-likeness (QED) is 0.562. The van der Waals surface area contributed by atoms with Crippen LogP contribution < -0.4 is 5.32 Å². The van der Waals surface area contributed by atoms with E-state index in [1.165, 1.54) is 7.11 Å². The monoisotopic (exact) mass is 295 g/mol. The average Bonchev–Trinajstić information content (AvgIpc) is 2.52. The molecule has 1 rings (SSSR count). The minimum Gasteiger partial charge on any atom is -0.467 e. The maximum Gasteiger partial charge on any atom is 0.407 e. The van der Waals surface area contributed by atoms with Crippen molar-refractivity contribution in [1.82, 2.24) is 5.32 Å². The molecule has 0 aromatic heterocycles. The Morgan fingerprint density at radius 1 is 1.24 bits per heavy atom. The van der Waals surface area contributed by atoms with Crippen molar-refractivity contribution in [2.45, 2.75) is 32.0 Å². The van der Waals surface area contributed by atoms with Crippen LogP contribution in [0.5, 0.6) is 0 Å². The van der Waals surface area contributed by atoms with Gasteiger partial charge in [0.2, 0.25) is 0 Å². The Morgan fingerprint density at radius 3 is 2.62 bits per heavy atom. The summed E-state index contributed by atoms with van der Waals surface area (Å²) in [5.74, 6) is -0.634. The Balaban J connectivity index is 2.05. The lowest BCUT2D eigenvalue weighted by Gasteiger charge is -2.09. The first-order chi connectivity index (χ1) is 10.1. The summed E-state index contributed by atoms with van der Waals surface area (Å²) >= 11 is 0. The molecule has 0 aliphatic rings. The molecule has 0 fully saturated rings. The topological polar surface area (TPSA) is 84.9 Å². The average molecular weight is 295 g/mol. The van der Waals surface area contributed by atoms with Crippen molar-refractivity contribution in [3.05, 3.63) is 35.9 Å². The van der Waals surface area contributed by atoms with Crippen molar-refractivity contribution in [1.29, 1.82) is 0 Å². The molecule has 1 aromatic carbocycles. The summed E-state index contributed by atoms with van der Waals surface area (Å²) in [5, 5.41) is 12.0. The maximum atomic E-state index is 11.4. The van der Waals surface area contributed by atoms with Gasteiger partial charge in [0.05, 0.1) is 7.11 Å². The number of methoxy groups -OCH3 is 1. The number of amides is 1. The molecule has 0 saturated heterocycles. The molecule has 1 amide bonds. The Kier molecular flexibility index (Phi) is 7.89. The Morgan fingerprint density at radius 2 is 1.95 bits per heavy atom. The zero-order valence-corrected chi connectivity index (χ0v) is 12.1. The van der Waals surface area contributed by atoms with E-state index >= 15 is 0 Å². The third kappa shape index (κ3) is 7.31. The first-order valence-electron chi connectivity index (χ1n) is 6.84. The largest absolute Gasteiger partial charge is 0.467 e. The van der Waals surface area contributed by atoms with Crippen LogP contribution in [-0.2, 0) is 20.9 Å². The molecule has 116 valence electrons. The molecule has 0 radical (unpaired) electrons. The number of nitrogens with one attached hydrogen (secondary N) is 1. The molecule has 0 aliphatic carbocycles.